The zero-order valence-electron chi connectivity index (χ0n) is 40.4. The fourth-order valence-corrected chi connectivity index (χ4v) is 13.6. The van der Waals surface area contributed by atoms with E-state index in [4.69, 9.17) is 0 Å². The molecule has 5 fully saturated rings. The average molecular weight is 848 g/mol. The lowest BCUT2D eigenvalue weighted by Gasteiger charge is -2.68. The number of amides is 1. The normalized spacial score (nSPS) is 31.0. The SMILES string of the molecule is C#C.C#C.C#C.C#C.C=CC.CC.CC(C)CC(=O)N1CCN(CCN[C@]23CCCC2[C@H]2CCC4[C@@](C)(CCC5C(C)(C)C(c6ccc(C(=O)O)cc6)=CC[C@@]54C)C2CC3)CC1. The molecule has 1 saturated heterocycles. The quantitative estimate of drug-likeness (QED) is 0.201. The Balaban J connectivity index is 0.00000135. The van der Waals surface area contributed by atoms with Crippen LogP contribution in [-0.2, 0) is 4.79 Å². The van der Waals surface area contributed by atoms with Crippen LogP contribution in [0.4, 0.5) is 0 Å². The van der Waals surface area contributed by atoms with Gasteiger partial charge in [0.15, 0.2) is 0 Å². The lowest BCUT2D eigenvalue weighted by Crippen LogP contribution is -2.64. The van der Waals surface area contributed by atoms with Crippen LogP contribution in [0.25, 0.3) is 5.57 Å². The van der Waals surface area contributed by atoms with Crippen LogP contribution in [0.15, 0.2) is 43.0 Å². The van der Waals surface area contributed by atoms with E-state index in [1.54, 1.807) is 18.2 Å². The number of rotatable bonds is 8. The van der Waals surface area contributed by atoms with Crippen LogP contribution in [0, 0.1) is 103 Å². The molecular formula is C56H85N3O3. The van der Waals surface area contributed by atoms with Gasteiger partial charge in [0.2, 0.25) is 5.91 Å². The van der Waals surface area contributed by atoms with Gasteiger partial charge in [-0.15, -0.1) is 58.0 Å². The topological polar surface area (TPSA) is 72.9 Å². The predicted octanol–water partition coefficient (Wildman–Crippen LogP) is 11.6. The van der Waals surface area contributed by atoms with Gasteiger partial charge in [-0.2, -0.15) is 0 Å². The Morgan fingerprint density at radius 1 is 0.806 bits per heavy atom. The highest BCUT2D eigenvalue weighted by Gasteiger charge is 2.65. The molecule has 4 saturated carbocycles. The minimum absolute atomic E-state index is 0.0588. The zero-order valence-corrected chi connectivity index (χ0v) is 40.4. The van der Waals surface area contributed by atoms with Crippen LogP contribution in [0.5, 0.6) is 0 Å². The number of aromatic carboxylic acids is 1. The molecule has 5 aliphatic carbocycles. The van der Waals surface area contributed by atoms with Gasteiger partial charge in [-0.05, 0) is 140 Å². The van der Waals surface area contributed by atoms with Crippen LogP contribution < -0.4 is 5.32 Å². The molecule has 0 bridgehead atoms. The molecule has 0 aromatic heterocycles. The third-order valence-electron chi connectivity index (χ3n) is 15.7. The van der Waals surface area contributed by atoms with Gasteiger partial charge in [0.25, 0.3) is 0 Å². The number of benzene rings is 1. The molecule has 7 rings (SSSR count). The first-order valence-corrected chi connectivity index (χ1v) is 23.4. The second-order valence-corrected chi connectivity index (χ2v) is 19.3. The van der Waals surface area contributed by atoms with E-state index in [0.717, 1.165) is 69.4 Å². The van der Waals surface area contributed by atoms with Gasteiger partial charge in [-0.25, -0.2) is 4.79 Å². The van der Waals surface area contributed by atoms with Crippen LogP contribution in [0.2, 0.25) is 0 Å². The summed E-state index contributed by atoms with van der Waals surface area (Å²) >= 11 is 0. The van der Waals surface area contributed by atoms with Gasteiger partial charge in [0.1, 0.15) is 0 Å². The van der Waals surface area contributed by atoms with Crippen molar-refractivity contribution in [2.24, 2.45) is 51.8 Å². The van der Waals surface area contributed by atoms with E-state index in [-0.39, 0.29) is 5.41 Å². The van der Waals surface area contributed by atoms with Crippen molar-refractivity contribution < 1.29 is 14.7 Å². The summed E-state index contributed by atoms with van der Waals surface area (Å²) in [5.41, 5.74) is 4.10. The highest BCUT2D eigenvalue weighted by molar-refractivity contribution is 5.88. The fraction of sp³-hybridized carbons (Fsp3) is 0.643. The summed E-state index contributed by atoms with van der Waals surface area (Å²) in [5.74, 6) is 3.84. The predicted molar refractivity (Wildman–Crippen MR) is 265 cm³/mol. The summed E-state index contributed by atoms with van der Waals surface area (Å²) in [5, 5.41) is 13.7. The molecule has 62 heavy (non-hydrogen) atoms. The molecule has 1 aromatic rings. The first-order valence-electron chi connectivity index (χ1n) is 23.4. The highest BCUT2D eigenvalue weighted by Crippen LogP contribution is 2.72. The smallest absolute Gasteiger partial charge is 0.335 e. The number of fused-ring (bicyclic) bond motifs is 7. The van der Waals surface area contributed by atoms with Crippen molar-refractivity contribution >= 4 is 17.4 Å². The molecule has 1 aliphatic heterocycles. The summed E-state index contributed by atoms with van der Waals surface area (Å²) in [6.07, 6.45) is 50.4. The Morgan fingerprint density at radius 3 is 1.94 bits per heavy atom. The van der Waals surface area contributed by atoms with Crippen molar-refractivity contribution in [3.8, 4) is 51.4 Å². The molecule has 8 atom stereocenters. The summed E-state index contributed by atoms with van der Waals surface area (Å²) in [6, 6.07) is 7.64. The summed E-state index contributed by atoms with van der Waals surface area (Å²) in [7, 11) is 0. The minimum Gasteiger partial charge on any atom is -0.478 e. The van der Waals surface area contributed by atoms with Crippen LogP contribution in [0.1, 0.15) is 149 Å². The molecule has 4 unspecified atom stereocenters. The van der Waals surface area contributed by atoms with Crippen molar-refractivity contribution in [3.63, 3.8) is 0 Å². The standard InChI is InChI=1S/C43H65N3O3.C3H6.C2H6.4C2H2/c1-29(2)28-38(47)46-26-24-45(25-27-46)23-22-44-43-18-7-8-35(43)32-13-14-37-41(5,34(32)16-21-43)20-17-36-40(3,4)33(15-19-42(36,37)6)30-9-11-31(12-10-30)39(48)49;1-3-2;5*1-2/h9-12,15,29,32,34-37,44H,7-8,13-14,16-28H2,1-6H3,(H,48,49);3H,1H2,2H3;1-2H3;4*1-2H/t32-,34?,35?,36?,37?,41-,42-,43-;;;;;;/m0....../s1. The number of carboxylic acids is 1. The number of piperazine rings is 1. The van der Waals surface area contributed by atoms with Gasteiger partial charge in [-0.3, -0.25) is 9.69 Å². The molecular weight excluding hydrogens is 763 g/mol. The number of carbonyl (C=O) groups is 2. The third-order valence-corrected chi connectivity index (χ3v) is 15.7. The maximum atomic E-state index is 12.6. The zero-order chi connectivity index (χ0) is 47.5. The van der Waals surface area contributed by atoms with Gasteiger partial charge >= 0.3 is 5.97 Å². The molecule has 6 heteroatoms. The van der Waals surface area contributed by atoms with Crippen molar-refractivity contribution in [1.29, 1.82) is 0 Å². The number of allylic oxidation sites excluding steroid dienone is 3. The monoisotopic (exact) mass is 848 g/mol. The lowest BCUT2D eigenvalue weighted by atomic mass is 9.37. The van der Waals surface area contributed by atoms with Gasteiger partial charge < -0.3 is 15.3 Å². The van der Waals surface area contributed by atoms with E-state index in [1.165, 1.54) is 68.9 Å². The van der Waals surface area contributed by atoms with Crippen molar-refractivity contribution in [3.05, 3.63) is 54.1 Å². The largest absolute Gasteiger partial charge is 0.478 e. The first-order chi connectivity index (χ1) is 29.7. The Kier molecular flexibility index (Phi) is 23.2. The van der Waals surface area contributed by atoms with E-state index in [0.29, 0.717) is 46.1 Å². The summed E-state index contributed by atoms with van der Waals surface area (Å²) < 4.78 is 0. The molecule has 1 heterocycles. The van der Waals surface area contributed by atoms with Crippen molar-refractivity contribution in [2.45, 2.75) is 138 Å². The Bertz CT molecular complexity index is 1630. The Labute approximate surface area is 380 Å². The molecule has 0 spiro atoms. The van der Waals surface area contributed by atoms with E-state index < -0.39 is 5.97 Å². The lowest BCUT2D eigenvalue weighted by molar-refractivity contribution is -0.172. The maximum absolute atomic E-state index is 12.6. The number of carboxylic acid groups (broad SMARTS) is 1. The van der Waals surface area contributed by atoms with Crippen LogP contribution in [-0.4, -0.2) is 71.6 Å². The van der Waals surface area contributed by atoms with Crippen molar-refractivity contribution in [1.82, 2.24) is 15.1 Å². The molecule has 6 aliphatic rings. The van der Waals surface area contributed by atoms with Crippen molar-refractivity contribution in [2.75, 3.05) is 39.3 Å². The maximum Gasteiger partial charge on any atom is 0.335 e. The van der Waals surface area contributed by atoms with Gasteiger partial charge in [0.05, 0.1) is 5.56 Å². The number of hydrogen-bond acceptors (Lipinski definition) is 4. The van der Waals surface area contributed by atoms with E-state index in [1.807, 2.05) is 32.9 Å². The summed E-state index contributed by atoms with van der Waals surface area (Å²) in [4.78, 5) is 28.8. The second-order valence-electron chi connectivity index (χ2n) is 19.3. The fourth-order valence-electron chi connectivity index (χ4n) is 13.6. The molecule has 6 nitrogen and oxygen atoms in total. The number of hydrogen-bond donors (Lipinski definition) is 2. The number of terminal acetylenes is 4. The average Bonchev–Trinajstić information content (AvgIpc) is 3.72. The third kappa shape index (κ3) is 11.9. The van der Waals surface area contributed by atoms with E-state index in [2.05, 4.69) is 121 Å². The van der Waals surface area contributed by atoms with E-state index >= 15 is 0 Å². The molecule has 2 N–H and O–H groups in total. The van der Waals surface area contributed by atoms with E-state index in [9.17, 15) is 14.7 Å². The Hall–Kier alpha value is -4.20. The van der Waals surface area contributed by atoms with Gasteiger partial charge in [-0.1, -0.05) is 86.1 Å². The number of nitrogens with one attached hydrogen (secondary N) is 1. The number of nitrogens with zero attached hydrogens (tertiary/aromatic N) is 2. The molecule has 1 amide bonds. The molecule has 0 radical (unpaired) electrons. The van der Waals surface area contributed by atoms with Gasteiger partial charge in [0, 0.05) is 51.2 Å². The summed E-state index contributed by atoms with van der Waals surface area (Å²) in [6.45, 7) is 29.8. The second kappa shape index (κ2) is 25.8. The number of carbonyl (C=O) groups excluding carboxylic acids is 1. The highest BCUT2D eigenvalue weighted by atomic mass is 16.4. The molecule has 342 valence electrons. The van der Waals surface area contributed by atoms with Crippen LogP contribution >= 0.6 is 0 Å². The van der Waals surface area contributed by atoms with Crippen LogP contribution in [0.3, 0.4) is 0 Å². The Morgan fingerprint density at radius 2 is 1.39 bits per heavy atom. The molecule has 1 aromatic carbocycles. The minimum atomic E-state index is -0.854. The first kappa shape index (κ1) is 55.8.